The lowest BCUT2D eigenvalue weighted by Crippen LogP contribution is -2.68. The second-order valence-electron chi connectivity index (χ2n) is 6.34. The predicted octanol–water partition coefficient (Wildman–Crippen LogP) is 0.471. The van der Waals surface area contributed by atoms with Gasteiger partial charge in [-0.2, -0.15) is 0 Å². The molecule has 0 N–H and O–H groups in total. The number of rotatable bonds is 6. The van der Waals surface area contributed by atoms with Crippen LogP contribution in [-0.2, 0) is 0 Å². The van der Waals surface area contributed by atoms with E-state index >= 15 is 0 Å². The number of methoxy groups -OCH3 is 4. The summed E-state index contributed by atoms with van der Waals surface area (Å²) in [7, 11) is 1.54. The van der Waals surface area contributed by atoms with E-state index in [4.69, 9.17) is 42.0 Å². The van der Waals surface area contributed by atoms with Gasteiger partial charge in [-0.1, -0.05) is 6.07 Å². The third-order valence-electron chi connectivity index (χ3n) is 4.29. The summed E-state index contributed by atoms with van der Waals surface area (Å²) in [6.07, 6.45) is 3.90. The van der Waals surface area contributed by atoms with E-state index in [1.807, 2.05) is 55.5 Å². The molecule has 2 aromatic carbocycles. The monoisotopic (exact) mass is 466 g/mol. The molecule has 0 unspecified atom stereocenters. The Bertz CT molecular complexity index is 1080. The van der Waals surface area contributed by atoms with Crippen LogP contribution in [0, 0.1) is 17.2 Å². The van der Waals surface area contributed by atoms with Crippen molar-refractivity contribution in [3.05, 3.63) is 53.5 Å². The number of hydrogen-bond acceptors (Lipinski definition) is 8. The van der Waals surface area contributed by atoms with Crippen molar-refractivity contribution in [3.63, 3.8) is 0 Å². The molecule has 0 spiro atoms. The van der Waals surface area contributed by atoms with E-state index in [1.165, 1.54) is 0 Å². The van der Waals surface area contributed by atoms with Crippen molar-refractivity contribution in [1.82, 2.24) is 0 Å². The normalized spacial score (nSPS) is 11.2. The summed E-state index contributed by atoms with van der Waals surface area (Å²) < 4.78 is 61.4. The third kappa shape index (κ3) is 6.98. The number of ether oxygens (including phenoxy) is 4. The van der Waals surface area contributed by atoms with E-state index in [0.29, 0.717) is 23.0 Å². The molecule has 1 aromatic heterocycles. The van der Waals surface area contributed by atoms with Crippen LogP contribution >= 0.6 is 0 Å². The number of halogens is 1. The fourth-order valence-corrected chi connectivity index (χ4v) is 2.96. The minimum Gasteiger partial charge on any atom is -0.493 e. The molecule has 172 valence electrons. The first-order valence-electron chi connectivity index (χ1n) is 9.11. The summed E-state index contributed by atoms with van der Waals surface area (Å²) in [4.78, 5) is 0. The molecule has 0 aliphatic carbocycles. The lowest BCUT2D eigenvalue weighted by Gasteiger charge is -2.17. The topological polar surface area (TPSA) is 140 Å². The molecule has 0 radical (unpaired) electrons. The van der Waals surface area contributed by atoms with Gasteiger partial charge >= 0.3 is 11.5 Å². The van der Waals surface area contributed by atoms with Crippen LogP contribution < -0.4 is 37.6 Å². The fraction of sp³-hybridized carbons (Fsp3) is 0.227. The quantitative estimate of drug-likeness (QED) is 0.474. The molecule has 32 heavy (non-hydrogen) atoms. The smallest absolute Gasteiger partial charge is 0.360 e. The fourth-order valence-electron chi connectivity index (χ4n) is 2.96. The van der Waals surface area contributed by atoms with Crippen LogP contribution in [0.4, 0.5) is 0 Å². The zero-order valence-electron chi connectivity index (χ0n) is 18.2. The van der Waals surface area contributed by atoms with Crippen molar-refractivity contribution in [2.75, 3.05) is 28.4 Å². The third-order valence-corrected chi connectivity index (χ3v) is 4.29. The molecule has 0 saturated heterocycles. The molecule has 0 amide bonds. The number of benzene rings is 2. The highest BCUT2D eigenvalue weighted by molar-refractivity contribution is 5.93. The molecule has 0 saturated carbocycles. The Morgan fingerprint density at radius 3 is 1.81 bits per heavy atom. The maximum Gasteiger partial charge on any atom is 0.360 e. The van der Waals surface area contributed by atoms with E-state index < -0.39 is 10.2 Å². The number of hydrogen-bond donors (Lipinski definition) is 0. The summed E-state index contributed by atoms with van der Waals surface area (Å²) in [6.45, 7) is 1.92. The zero-order valence-corrected chi connectivity index (χ0v) is 18.9. The van der Waals surface area contributed by atoms with Gasteiger partial charge in [0.15, 0.2) is 23.0 Å². The van der Waals surface area contributed by atoms with Gasteiger partial charge in [-0.15, -0.1) is 10.2 Å². The summed E-state index contributed by atoms with van der Waals surface area (Å²) >= 11 is 0. The van der Waals surface area contributed by atoms with Gasteiger partial charge in [-0.3, -0.25) is 0 Å². The van der Waals surface area contributed by atoms with E-state index in [-0.39, 0.29) is 0 Å². The summed E-state index contributed by atoms with van der Waals surface area (Å²) in [5.74, 6) is 4.26. The zero-order chi connectivity index (χ0) is 23.9. The first-order chi connectivity index (χ1) is 15.1. The lowest BCUT2D eigenvalue weighted by atomic mass is 10.1. The molecule has 0 aliphatic rings. The minimum absolute atomic E-state index is 0.657. The molecule has 0 aliphatic heterocycles. The van der Waals surface area contributed by atoms with Crippen molar-refractivity contribution < 1.29 is 52.2 Å². The number of fused-ring (bicyclic) bond motifs is 1. The van der Waals surface area contributed by atoms with E-state index in [2.05, 4.69) is 0 Å². The first-order valence-corrected chi connectivity index (χ1v) is 10.3. The molecule has 10 heteroatoms. The summed E-state index contributed by atoms with van der Waals surface area (Å²) in [5.41, 5.74) is 0.970. The van der Waals surface area contributed by atoms with Crippen LogP contribution in [0.25, 0.3) is 22.9 Å². The average Bonchev–Trinajstić information content (AvgIpc) is 2.74. The van der Waals surface area contributed by atoms with Crippen molar-refractivity contribution >= 4 is 22.9 Å². The lowest BCUT2D eigenvalue weighted by molar-refractivity contribution is -2.00. The van der Waals surface area contributed by atoms with Crippen LogP contribution in [0.1, 0.15) is 17.1 Å². The number of aryl methyl sites for hydroxylation is 1. The Kier molecular flexibility index (Phi) is 8.64. The molecular formula is C22H23ClO9. The molecule has 0 fully saturated rings. The van der Waals surface area contributed by atoms with Gasteiger partial charge < -0.3 is 18.9 Å². The van der Waals surface area contributed by atoms with Crippen molar-refractivity contribution in [1.29, 1.82) is 0 Å². The molecule has 3 aromatic rings. The van der Waals surface area contributed by atoms with Crippen molar-refractivity contribution in [2.24, 2.45) is 0 Å². The molecule has 3 rings (SSSR count). The van der Waals surface area contributed by atoms with Crippen LogP contribution in [0.3, 0.4) is 0 Å². The second-order valence-corrected chi connectivity index (χ2v) is 7.10. The highest BCUT2D eigenvalue weighted by atomic mass is 35.7. The Morgan fingerprint density at radius 1 is 0.719 bits per heavy atom. The highest BCUT2D eigenvalue weighted by Gasteiger charge is 2.17. The van der Waals surface area contributed by atoms with Crippen LogP contribution in [-0.4, -0.2) is 28.4 Å². The minimum atomic E-state index is -4.94. The standard InChI is InChI=1S/C22H23O5.ClHO4/c1-14-10-16-12-21(25-4)22(26-5)13-17(16)18(27-14)8-6-15-7-9-19(23-2)20(11-15)24-3;2-1(3,4)5/h6-13H,1-5H3;(H,2,3,4,5)/q+1;/p-1. The average molecular weight is 467 g/mol. The second kappa shape index (κ2) is 11.0. The van der Waals surface area contributed by atoms with Crippen molar-refractivity contribution in [2.45, 2.75) is 6.92 Å². The van der Waals surface area contributed by atoms with Crippen LogP contribution in [0.15, 0.2) is 40.8 Å². The Balaban J connectivity index is 0.000000654. The van der Waals surface area contributed by atoms with E-state index in [9.17, 15) is 0 Å². The van der Waals surface area contributed by atoms with Gasteiger partial charge in [0.25, 0.3) is 0 Å². The summed E-state index contributed by atoms with van der Waals surface area (Å²) in [5, 5.41) is 1.96. The Morgan fingerprint density at radius 2 is 1.25 bits per heavy atom. The molecule has 0 bridgehead atoms. The predicted molar refractivity (Wildman–Crippen MR) is 107 cm³/mol. The first kappa shape index (κ1) is 25.2. The Hall–Kier alpha value is -3.08. The SMILES string of the molecule is COc1ccc(C=Cc2[o+]c(C)cc3cc(OC)c(OC)cc23)cc1OC.[O-][Cl+3]([O-])([O-])[O-]. The van der Waals surface area contributed by atoms with Crippen LogP contribution in [0.2, 0.25) is 0 Å². The summed E-state index contributed by atoms with van der Waals surface area (Å²) in [6, 6.07) is 11.6. The molecule has 0 atom stereocenters. The van der Waals surface area contributed by atoms with Gasteiger partial charge in [-0.25, -0.2) is 23.1 Å². The van der Waals surface area contributed by atoms with E-state index in [1.54, 1.807) is 28.4 Å². The molecule has 1 heterocycles. The van der Waals surface area contributed by atoms with Gasteiger partial charge in [-0.05, 0) is 29.8 Å². The highest BCUT2D eigenvalue weighted by Crippen LogP contribution is 2.35. The molecular weight excluding hydrogens is 444 g/mol. The van der Waals surface area contributed by atoms with Gasteiger partial charge in [0.05, 0.1) is 40.7 Å². The maximum absolute atomic E-state index is 8.49. The van der Waals surface area contributed by atoms with E-state index in [0.717, 1.165) is 27.9 Å². The largest absolute Gasteiger partial charge is 0.493 e. The van der Waals surface area contributed by atoms with Crippen molar-refractivity contribution in [3.8, 4) is 23.0 Å². The van der Waals surface area contributed by atoms with Gasteiger partial charge in [0.1, 0.15) is 0 Å². The Labute approximate surface area is 187 Å². The maximum atomic E-state index is 8.49. The van der Waals surface area contributed by atoms with Gasteiger partial charge in [0, 0.05) is 23.6 Å². The van der Waals surface area contributed by atoms with Gasteiger partial charge in [0.2, 0.25) is 0 Å². The molecule has 9 nitrogen and oxygen atoms in total. The van der Waals surface area contributed by atoms with Crippen LogP contribution in [0.5, 0.6) is 23.0 Å².